The van der Waals surface area contributed by atoms with Crippen LogP contribution in [0.4, 0.5) is 5.69 Å². The zero-order valence-electron chi connectivity index (χ0n) is 24.1. The molecule has 3 aromatic carbocycles. The van der Waals surface area contributed by atoms with E-state index in [2.05, 4.69) is 0 Å². The van der Waals surface area contributed by atoms with E-state index >= 15 is 0 Å². The summed E-state index contributed by atoms with van der Waals surface area (Å²) in [6.07, 6.45) is 0. The molecule has 1 aliphatic heterocycles. The molecule has 4 rings (SSSR count). The van der Waals surface area contributed by atoms with Crippen molar-refractivity contribution in [3.05, 3.63) is 82.4 Å². The topological polar surface area (TPSA) is 94.5 Å². The summed E-state index contributed by atoms with van der Waals surface area (Å²) in [6, 6.07) is 14.9. The van der Waals surface area contributed by atoms with E-state index in [1.165, 1.54) is 26.2 Å². The zero-order chi connectivity index (χ0) is 29.4. The maximum Gasteiger partial charge on any atom is 0.300 e. The molecule has 210 valence electrons. The molecule has 0 spiro atoms. The Bertz CT molecular complexity index is 1470. The van der Waals surface area contributed by atoms with Crippen molar-refractivity contribution in [3.8, 4) is 23.0 Å². The van der Waals surface area contributed by atoms with Crippen molar-refractivity contribution in [2.45, 2.75) is 39.2 Å². The van der Waals surface area contributed by atoms with Crippen LogP contribution in [0.5, 0.6) is 23.0 Å². The number of aliphatic hydroxyl groups excluding tert-OH is 1. The van der Waals surface area contributed by atoms with E-state index in [1.54, 1.807) is 49.6 Å². The van der Waals surface area contributed by atoms with Gasteiger partial charge in [-0.15, -0.1) is 0 Å². The first-order valence-corrected chi connectivity index (χ1v) is 12.8. The normalized spacial score (nSPS) is 16.7. The lowest BCUT2D eigenvalue weighted by Gasteiger charge is -2.28. The van der Waals surface area contributed by atoms with Crippen molar-refractivity contribution < 1.29 is 33.6 Å². The lowest BCUT2D eigenvalue weighted by atomic mass is 9.84. The molecule has 1 N–H and O–H groups in total. The van der Waals surface area contributed by atoms with Crippen molar-refractivity contribution in [3.63, 3.8) is 0 Å². The highest BCUT2D eigenvalue weighted by atomic mass is 16.5. The molecule has 1 fully saturated rings. The van der Waals surface area contributed by atoms with Crippen molar-refractivity contribution in [1.82, 2.24) is 0 Å². The molecule has 8 heteroatoms. The van der Waals surface area contributed by atoms with E-state index in [1.807, 2.05) is 39.8 Å². The number of rotatable bonds is 7. The number of methoxy groups -OCH3 is 4. The van der Waals surface area contributed by atoms with Gasteiger partial charge < -0.3 is 24.1 Å². The molecule has 1 heterocycles. The number of nitrogens with zero attached hydrogens (tertiary/aromatic N) is 1. The Morgan fingerprint density at radius 2 is 1.43 bits per heavy atom. The Labute approximate surface area is 234 Å². The van der Waals surface area contributed by atoms with Crippen molar-refractivity contribution in [2.75, 3.05) is 33.3 Å². The van der Waals surface area contributed by atoms with Crippen molar-refractivity contribution in [1.29, 1.82) is 0 Å². The highest BCUT2D eigenvalue weighted by molar-refractivity contribution is 6.51. The SMILES string of the molecule is COc1ccc(/C(O)=C2\C(=O)C(=O)N(c3ccccc3C)C2c2cc(OC)c(OC)c(OC)c2)cc1C(C)(C)C. The number of carbonyl (C=O) groups excluding carboxylic acids is 2. The maximum absolute atomic E-state index is 13.7. The number of hydrogen-bond donors (Lipinski definition) is 1. The molecule has 8 nitrogen and oxygen atoms in total. The first kappa shape index (κ1) is 28.5. The average Bonchev–Trinajstić information content (AvgIpc) is 3.20. The van der Waals surface area contributed by atoms with Gasteiger partial charge in [0.1, 0.15) is 11.5 Å². The van der Waals surface area contributed by atoms with Crippen molar-refractivity contribution in [2.24, 2.45) is 0 Å². The number of para-hydroxylation sites is 1. The third-order valence-corrected chi connectivity index (χ3v) is 7.10. The highest BCUT2D eigenvalue weighted by Crippen LogP contribution is 2.48. The fraction of sp³-hybridized carbons (Fsp3) is 0.312. The van der Waals surface area contributed by atoms with Gasteiger partial charge in [-0.25, -0.2) is 0 Å². The van der Waals surface area contributed by atoms with Gasteiger partial charge in [0.15, 0.2) is 11.5 Å². The number of Topliss-reactive ketones (excluding diaryl/α,β-unsaturated/α-hetero) is 1. The molecular formula is C32H35NO7. The third kappa shape index (κ3) is 4.85. The van der Waals surface area contributed by atoms with Gasteiger partial charge in [0.25, 0.3) is 11.7 Å². The summed E-state index contributed by atoms with van der Waals surface area (Å²) in [7, 11) is 6.06. The Balaban J connectivity index is 2.05. The summed E-state index contributed by atoms with van der Waals surface area (Å²) in [5.74, 6) is -0.108. The van der Waals surface area contributed by atoms with Gasteiger partial charge in [-0.2, -0.15) is 0 Å². The van der Waals surface area contributed by atoms with Gasteiger partial charge in [-0.3, -0.25) is 14.5 Å². The van der Waals surface area contributed by atoms with Crippen LogP contribution in [-0.4, -0.2) is 45.2 Å². The van der Waals surface area contributed by atoms with Crippen LogP contribution in [0.1, 0.15) is 49.1 Å². The number of carbonyl (C=O) groups is 2. The number of benzene rings is 3. The van der Waals surface area contributed by atoms with Crippen LogP contribution in [0.2, 0.25) is 0 Å². The number of ketones is 1. The second-order valence-electron chi connectivity index (χ2n) is 10.6. The Morgan fingerprint density at radius 3 is 1.95 bits per heavy atom. The van der Waals surface area contributed by atoms with Crippen LogP contribution >= 0.6 is 0 Å². The second kappa shape index (κ2) is 11.0. The Kier molecular flexibility index (Phi) is 7.82. The molecular weight excluding hydrogens is 510 g/mol. The first-order chi connectivity index (χ1) is 19.0. The number of aliphatic hydroxyl groups is 1. The van der Waals surface area contributed by atoms with E-state index in [0.29, 0.717) is 39.8 Å². The summed E-state index contributed by atoms with van der Waals surface area (Å²) in [5.41, 5.74) is 2.72. The van der Waals surface area contributed by atoms with E-state index in [0.717, 1.165) is 11.1 Å². The number of aryl methyl sites for hydroxylation is 1. The van der Waals surface area contributed by atoms with Crippen molar-refractivity contribution >= 4 is 23.1 Å². The fourth-order valence-corrected chi connectivity index (χ4v) is 5.09. The molecule has 40 heavy (non-hydrogen) atoms. The summed E-state index contributed by atoms with van der Waals surface area (Å²) in [5, 5.41) is 11.7. The quantitative estimate of drug-likeness (QED) is 0.223. The minimum Gasteiger partial charge on any atom is -0.507 e. The number of hydrogen-bond acceptors (Lipinski definition) is 7. The third-order valence-electron chi connectivity index (χ3n) is 7.10. The van der Waals surface area contributed by atoms with Crippen LogP contribution in [-0.2, 0) is 15.0 Å². The minimum atomic E-state index is -0.977. The van der Waals surface area contributed by atoms with Gasteiger partial charge in [0.05, 0.1) is 40.1 Å². The van der Waals surface area contributed by atoms with Crippen LogP contribution < -0.4 is 23.8 Å². The number of anilines is 1. The fourth-order valence-electron chi connectivity index (χ4n) is 5.09. The molecule has 0 radical (unpaired) electrons. The Hall–Kier alpha value is -4.46. The molecule has 1 unspecified atom stereocenters. The largest absolute Gasteiger partial charge is 0.507 e. The molecule has 1 saturated heterocycles. The van der Waals surface area contributed by atoms with Crippen LogP contribution in [0.3, 0.4) is 0 Å². The molecule has 0 aromatic heterocycles. The summed E-state index contributed by atoms with van der Waals surface area (Å²) < 4.78 is 22.2. The molecule has 0 saturated carbocycles. The lowest BCUT2D eigenvalue weighted by Crippen LogP contribution is -2.30. The second-order valence-corrected chi connectivity index (χ2v) is 10.6. The van der Waals surface area contributed by atoms with Crippen LogP contribution in [0.25, 0.3) is 5.76 Å². The Morgan fingerprint density at radius 1 is 0.825 bits per heavy atom. The van der Waals surface area contributed by atoms with Gasteiger partial charge in [-0.05, 0) is 59.9 Å². The highest BCUT2D eigenvalue weighted by Gasteiger charge is 2.48. The van der Waals surface area contributed by atoms with Crippen LogP contribution in [0, 0.1) is 6.92 Å². The monoisotopic (exact) mass is 545 g/mol. The lowest BCUT2D eigenvalue weighted by molar-refractivity contribution is -0.132. The smallest absolute Gasteiger partial charge is 0.300 e. The zero-order valence-corrected chi connectivity index (χ0v) is 24.1. The standard InChI is InChI=1S/C32H35NO7/c1-18-11-9-10-12-22(18)33-27(20-16-24(38-6)30(40-8)25(17-20)39-7)26(29(35)31(33)36)28(34)19-13-14-23(37-5)21(15-19)32(2,3)4/h9-17,27,34H,1-8H3/b28-26+. The maximum atomic E-state index is 13.7. The molecule has 0 bridgehead atoms. The minimum absolute atomic E-state index is 0.0486. The van der Waals surface area contributed by atoms with Gasteiger partial charge in [0, 0.05) is 16.8 Å². The predicted octanol–water partition coefficient (Wildman–Crippen LogP) is 5.95. The van der Waals surface area contributed by atoms with Gasteiger partial charge >= 0.3 is 0 Å². The van der Waals surface area contributed by atoms with E-state index in [-0.39, 0.29) is 16.7 Å². The molecule has 3 aromatic rings. The number of amides is 1. The molecule has 1 atom stereocenters. The predicted molar refractivity (Wildman–Crippen MR) is 154 cm³/mol. The molecule has 1 aliphatic rings. The summed E-state index contributed by atoms with van der Waals surface area (Å²) >= 11 is 0. The van der Waals surface area contributed by atoms with E-state index in [4.69, 9.17) is 18.9 Å². The van der Waals surface area contributed by atoms with Gasteiger partial charge in [0.2, 0.25) is 5.75 Å². The average molecular weight is 546 g/mol. The molecule has 0 aliphatic carbocycles. The first-order valence-electron chi connectivity index (χ1n) is 12.8. The van der Waals surface area contributed by atoms with E-state index < -0.39 is 17.7 Å². The van der Waals surface area contributed by atoms with E-state index in [9.17, 15) is 14.7 Å². The van der Waals surface area contributed by atoms with Gasteiger partial charge in [-0.1, -0.05) is 39.0 Å². The van der Waals surface area contributed by atoms with Crippen LogP contribution in [0.15, 0.2) is 60.2 Å². The molecule has 1 amide bonds. The summed E-state index contributed by atoms with van der Waals surface area (Å²) in [4.78, 5) is 28.8. The summed E-state index contributed by atoms with van der Waals surface area (Å²) in [6.45, 7) is 7.95. The number of ether oxygens (including phenoxy) is 4.